The maximum absolute atomic E-state index is 13.0. The number of hydrogen-bond acceptors (Lipinski definition) is 2. The maximum Gasteiger partial charge on any atom is 0.167 e. The van der Waals surface area contributed by atoms with Crippen LogP contribution in [0.4, 0.5) is 4.39 Å². The second-order valence-corrected chi connectivity index (χ2v) is 3.78. The van der Waals surface area contributed by atoms with Crippen molar-refractivity contribution in [1.29, 1.82) is 0 Å². The van der Waals surface area contributed by atoms with Gasteiger partial charge in [-0.3, -0.25) is 4.79 Å². The number of aromatic nitrogens is 2. The number of imidazole rings is 1. The molecule has 1 heterocycles. The van der Waals surface area contributed by atoms with Crippen molar-refractivity contribution in [3.63, 3.8) is 0 Å². The summed E-state index contributed by atoms with van der Waals surface area (Å²) < 4.78 is 13.7. The van der Waals surface area contributed by atoms with E-state index in [0.717, 1.165) is 4.47 Å². The summed E-state index contributed by atoms with van der Waals surface area (Å²) >= 11 is 3.28. The summed E-state index contributed by atoms with van der Waals surface area (Å²) in [6.45, 7) is 0. The molecule has 0 aliphatic heterocycles. The Balaban J connectivity index is 2.52. The summed E-state index contributed by atoms with van der Waals surface area (Å²) in [4.78, 5) is 17.2. The third-order valence-electron chi connectivity index (χ3n) is 1.91. The molecule has 0 amide bonds. The van der Waals surface area contributed by atoms with Crippen LogP contribution in [0.2, 0.25) is 0 Å². The number of hydrogen-bond donors (Lipinski definition) is 1. The van der Waals surface area contributed by atoms with Crippen LogP contribution in [0.25, 0.3) is 11.4 Å². The zero-order valence-electron chi connectivity index (χ0n) is 7.50. The summed E-state index contributed by atoms with van der Waals surface area (Å²) in [6.07, 6.45) is 2.06. The van der Waals surface area contributed by atoms with Crippen LogP contribution >= 0.6 is 15.9 Å². The quantitative estimate of drug-likeness (QED) is 0.852. The minimum atomic E-state index is -0.350. The first-order chi connectivity index (χ1) is 7.20. The average molecular weight is 269 g/mol. The zero-order valence-corrected chi connectivity index (χ0v) is 9.08. The predicted octanol–water partition coefficient (Wildman–Crippen LogP) is 2.79. The van der Waals surface area contributed by atoms with Gasteiger partial charge in [0, 0.05) is 10.0 Å². The Bertz CT molecular complexity index is 510. The molecule has 2 rings (SSSR count). The van der Waals surface area contributed by atoms with E-state index in [0.29, 0.717) is 23.4 Å². The Labute approximate surface area is 93.5 Å². The number of halogens is 2. The first kappa shape index (κ1) is 10.0. The molecule has 0 spiro atoms. The molecule has 0 saturated heterocycles. The smallest absolute Gasteiger partial charge is 0.167 e. The highest BCUT2D eigenvalue weighted by Gasteiger charge is 2.08. The van der Waals surface area contributed by atoms with Gasteiger partial charge in [-0.25, -0.2) is 9.37 Å². The second kappa shape index (κ2) is 3.94. The van der Waals surface area contributed by atoms with E-state index in [9.17, 15) is 9.18 Å². The molecule has 0 radical (unpaired) electrons. The molecular formula is C10H6BrFN2O. The molecule has 15 heavy (non-hydrogen) atoms. The monoisotopic (exact) mass is 268 g/mol. The topological polar surface area (TPSA) is 45.8 Å². The fraction of sp³-hybridized carbons (Fsp3) is 0. The Kier molecular flexibility index (Phi) is 2.64. The van der Waals surface area contributed by atoms with Crippen molar-refractivity contribution in [1.82, 2.24) is 9.97 Å². The molecule has 0 aliphatic rings. The molecule has 0 fully saturated rings. The van der Waals surface area contributed by atoms with Crippen molar-refractivity contribution in [3.05, 3.63) is 40.4 Å². The zero-order chi connectivity index (χ0) is 10.8. The van der Waals surface area contributed by atoms with Gasteiger partial charge in [0.1, 0.15) is 11.6 Å². The number of carbonyl (C=O) groups excluding carboxylic acids is 1. The number of nitrogens with zero attached hydrogens (tertiary/aromatic N) is 1. The van der Waals surface area contributed by atoms with E-state index in [-0.39, 0.29) is 5.82 Å². The number of aldehydes is 1. The van der Waals surface area contributed by atoms with Crippen LogP contribution in [0.1, 0.15) is 10.5 Å². The number of carbonyl (C=O) groups is 1. The van der Waals surface area contributed by atoms with Crippen molar-refractivity contribution in [2.24, 2.45) is 0 Å². The fourth-order valence-corrected chi connectivity index (χ4v) is 1.65. The average Bonchev–Trinajstić information content (AvgIpc) is 2.70. The normalized spacial score (nSPS) is 10.3. The Morgan fingerprint density at radius 2 is 2.27 bits per heavy atom. The van der Waals surface area contributed by atoms with Crippen LogP contribution < -0.4 is 0 Å². The molecule has 2 aromatic rings. The second-order valence-electron chi connectivity index (χ2n) is 2.93. The molecule has 0 unspecified atom stereocenters. The molecule has 3 nitrogen and oxygen atoms in total. The molecule has 0 bridgehead atoms. The van der Waals surface area contributed by atoms with E-state index in [1.54, 1.807) is 6.07 Å². The molecular weight excluding hydrogens is 263 g/mol. The third kappa shape index (κ3) is 1.97. The van der Waals surface area contributed by atoms with E-state index >= 15 is 0 Å². The Morgan fingerprint density at radius 3 is 2.93 bits per heavy atom. The van der Waals surface area contributed by atoms with Gasteiger partial charge in [-0.2, -0.15) is 0 Å². The molecule has 0 saturated carbocycles. The SMILES string of the molecule is O=Cc1cnc(-c2cc(F)ccc2Br)[nH]1. The van der Waals surface area contributed by atoms with Gasteiger partial charge in [0.2, 0.25) is 0 Å². The number of aromatic amines is 1. The largest absolute Gasteiger partial charge is 0.336 e. The highest BCUT2D eigenvalue weighted by atomic mass is 79.9. The van der Waals surface area contributed by atoms with E-state index in [2.05, 4.69) is 25.9 Å². The van der Waals surface area contributed by atoms with E-state index in [1.807, 2.05) is 0 Å². The number of H-pyrrole nitrogens is 1. The summed E-state index contributed by atoms with van der Waals surface area (Å²) in [7, 11) is 0. The lowest BCUT2D eigenvalue weighted by molar-refractivity contribution is 0.111. The third-order valence-corrected chi connectivity index (χ3v) is 2.60. The highest BCUT2D eigenvalue weighted by molar-refractivity contribution is 9.10. The standard InChI is InChI=1S/C10H6BrFN2O/c11-9-2-1-6(12)3-8(9)10-13-4-7(5-15)14-10/h1-5H,(H,13,14). The lowest BCUT2D eigenvalue weighted by atomic mass is 10.2. The van der Waals surface area contributed by atoms with E-state index in [4.69, 9.17) is 0 Å². The van der Waals surface area contributed by atoms with Gasteiger partial charge in [-0.1, -0.05) is 15.9 Å². The van der Waals surface area contributed by atoms with Gasteiger partial charge in [-0.15, -0.1) is 0 Å². The van der Waals surface area contributed by atoms with E-state index < -0.39 is 0 Å². The Hall–Kier alpha value is -1.49. The predicted molar refractivity (Wildman–Crippen MR) is 57.1 cm³/mol. The van der Waals surface area contributed by atoms with Gasteiger partial charge >= 0.3 is 0 Å². The summed E-state index contributed by atoms with van der Waals surface area (Å²) in [5, 5.41) is 0. The summed E-state index contributed by atoms with van der Waals surface area (Å²) in [5.74, 6) is 0.112. The minimum absolute atomic E-state index is 0.350. The van der Waals surface area contributed by atoms with Crippen LogP contribution in [0.3, 0.4) is 0 Å². The molecule has 1 N–H and O–H groups in total. The highest BCUT2D eigenvalue weighted by Crippen LogP contribution is 2.26. The van der Waals surface area contributed by atoms with Gasteiger partial charge in [0.25, 0.3) is 0 Å². The summed E-state index contributed by atoms with van der Waals surface area (Å²) in [5.41, 5.74) is 0.948. The minimum Gasteiger partial charge on any atom is -0.336 e. The summed E-state index contributed by atoms with van der Waals surface area (Å²) in [6, 6.07) is 4.28. The first-order valence-electron chi connectivity index (χ1n) is 4.16. The Morgan fingerprint density at radius 1 is 1.47 bits per heavy atom. The number of benzene rings is 1. The van der Waals surface area contributed by atoms with Gasteiger partial charge in [0.05, 0.1) is 11.9 Å². The fourth-order valence-electron chi connectivity index (χ4n) is 1.21. The van der Waals surface area contributed by atoms with Gasteiger partial charge in [-0.05, 0) is 18.2 Å². The lowest BCUT2D eigenvalue weighted by Gasteiger charge is -2.00. The van der Waals surface area contributed by atoms with Crippen LogP contribution in [0.5, 0.6) is 0 Å². The van der Waals surface area contributed by atoms with Crippen molar-refractivity contribution in [3.8, 4) is 11.4 Å². The van der Waals surface area contributed by atoms with E-state index in [1.165, 1.54) is 18.3 Å². The van der Waals surface area contributed by atoms with Crippen molar-refractivity contribution in [2.45, 2.75) is 0 Å². The van der Waals surface area contributed by atoms with Crippen LogP contribution in [0, 0.1) is 5.82 Å². The van der Waals surface area contributed by atoms with Gasteiger partial charge < -0.3 is 4.98 Å². The first-order valence-corrected chi connectivity index (χ1v) is 4.95. The molecule has 0 atom stereocenters. The van der Waals surface area contributed by atoms with Crippen molar-refractivity contribution >= 4 is 22.2 Å². The number of nitrogens with one attached hydrogen (secondary N) is 1. The van der Waals surface area contributed by atoms with Crippen molar-refractivity contribution < 1.29 is 9.18 Å². The van der Waals surface area contributed by atoms with Crippen LogP contribution in [-0.2, 0) is 0 Å². The molecule has 5 heteroatoms. The molecule has 76 valence electrons. The number of rotatable bonds is 2. The molecule has 1 aromatic carbocycles. The molecule has 0 aliphatic carbocycles. The van der Waals surface area contributed by atoms with Crippen molar-refractivity contribution in [2.75, 3.05) is 0 Å². The van der Waals surface area contributed by atoms with Gasteiger partial charge in [0.15, 0.2) is 6.29 Å². The molecule has 1 aromatic heterocycles. The maximum atomic E-state index is 13.0. The van der Waals surface area contributed by atoms with Crippen LogP contribution in [0.15, 0.2) is 28.9 Å². The lowest BCUT2D eigenvalue weighted by Crippen LogP contribution is -1.85. The van der Waals surface area contributed by atoms with Crippen LogP contribution in [-0.4, -0.2) is 16.3 Å².